The van der Waals surface area contributed by atoms with Gasteiger partial charge < -0.3 is 4.90 Å². The van der Waals surface area contributed by atoms with Crippen LogP contribution in [0.25, 0.3) is 0 Å². The molecule has 3 nitrogen and oxygen atoms in total. The predicted molar refractivity (Wildman–Crippen MR) is 65.1 cm³/mol. The first-order valence-corrected chi connectivity index (χ1v) is 6.23. The van der Waals surface area contributed by atoms with E-state index in [0.29, 0.717) is 6.04 Å². The molecule has 2 rings (SSSR count). The van der Waals surface area contributed by atoms with Crippen LogP contribution in [0.5, 0.6) is 0 Å². The molecule has 1 aliphatic rings. The lowest BCUT2D eigenvalue weighted by Gasteiger charge is -2.33. The number of anilines is 1. The lowest BCUT2D eigenvalue weighted by atomic mass is 10.0. The SMILES string of the molecule is Cc1nc(N2CCCCC2C)ncc1Br. The highest BCUT2D eigenvalue weighted by molar-refractivity contribution is 9.10. The minimum atomic E-state index is 0.569. The van der Waals surface area contributed by atoms with Crippen LogP contribution in [0.4, 0.5) is 5.95 Å². The monoisotopic (exact) mass is 269 g/mol. The highest BCUT2D eigenvalue weighted by Crippen LogP contribution is 2.23. The third-order valence-corrected chi connectivity index (χ3v) is 3.75. The molecule has 82 valence electrons. The fraction of sp³-hybridized carbons (Fsp3) is 0.636. The average Bonchev–Trinajstić information content (AvgIpc) is 2.23. The summed E-state index contributed by atoms with van der Waals surface area (Å²) in [6.07, 6.45) is 5.67. The molecular weight excluding hydrogens is 254 g/mol. The summed E-state index contributed by atoms with van der Waals surface area (Å²) in [4.78, 5) is 11.2. The van der Waals surface area contributed by atoms with Crippen molar-refractivity contribution in [2.45, 2.75) is 39.2 Å². The van der Waals surface area contributed by atoms with Crippen LogP contribution >= 0.6 is 15.9 Å². The van der Waals surface area contributed by atoms with E-state index in [4.69, 9.17) is 0 Å². The zero-order chi connectivity index (χ0) is 10.8. The Morgan fingerprint density at radius 1 is 1.47 bits per heavy atom. The van der Waals surface area contributed by atoms with Crippen molar-refractivity contribution in [3.63, 3.8) is 0 Å². The molecule has 0 aromatic carbocycles. The molecule has 1 aliphatic heterocycles. The van der Waals surface area contributed by atoms with Crippen molar-refractivity contribution < 1.29 is 0 Å². The number of aryl methyl sites for hydroxylation is 1. The number of rotatable bonds is 1. The normalized spacial score (nSPS) is 21.8. The Balaban J connectivity index is 2.24. The molecule has 0 radical (unpaired) electrons. The van der Waals surface area contributed by atoms with Crippen molar-refractivity contribution in [3.05, 3.63) is 16.4 Å². The fourth-order valence-electron chi connectivity index (χ4n) is 1.97. The van der Waals surface area contributed by atoms with Gasteiger partial charge in [-0.1, -0.05) is 0 Å². The molecule has 1 atom stereocenters. The molecule has 15 heavy (non-hydrogen) atoms. The van der Waals surface area contributed by atoms with E-state index in [0.717, 1.165) is 22.7 Å². The van der Waals surface area contributed by atoms with Crippen molar-refractivity contribution in [2.24, 2.45) is 0 Å². The molecule has 0 aliphatic carbocycles. The van der Waals surface area contributed by atoms with Gasteiger partial charge >= 0.3 is 0 Å². The first kappa shape index (κ1) is 10.9. The van der Waals surface area contributed by atoms with Gasteiger partial charge in [0.15, 0.2) is 0 Å². The van der Waals surface area contributed by atoms with Crippen LogP contribution in [0.2, 0.25) is 0 Å². The summed E-state index contributed by atoms with van der Waals surface area (Å²) < 4.78 is 0.982. The molecule has 0 bridgehead atoms. The Morgan fingerprint density at radius 2 is 2.27 bits per heavy atom. The van der Waals surface area contributed by atoms with E-state index in [1.807, 2.05) is 13.1 Å². The maximum Gasteiger partial charge on any atom is 0.225 e. The van der Waals surface area contributed by atoms with Crippen LogP contribution in [0, 0.1) is 6.92 Å². The van der Waals surface area contributed by atoms with E-state index < -0.39 is 0 Å². The second-order valence-corrected chi connectivity index (χ2v) is 5.00. The number of halogens is 1. The highest BCUT2D eigenvalue weighted by atomic mass is 79.9. The van der Waals surface area contributed by atoms with Crippen molar-refractivity contribution in [3.8, 4) is 0 Å². The number of aromatic nitrogens is 2. The molecule has 1 aromatic rings. The Hall–Kier alpha value is -0.640. The molecular formula is C11H16BrN3. The second-order valence-electron chi connectivity index (χ2n) is 4.14. The lowest BCUT2D eigenvalue weighted by Crippen LogP contribution is -2.38. The minimum Gasteiger partial charge on any atom is -0.338 e. The van der Waals surface area contributed by atoms with Crippen LogP contribution in [0.3, 0.4) is 0 Å². The molecule has 4 heteroatoms. The van der Waals surface area contributed by atoms with Crippen molar-refractivity contribution in [2.75, 3.05) is 11.4 Å². The van der Waals surface area contributed by atoms with Gasteiger partial charge in [-0.3, -0.25) is 0 Å². The molecule has 0 saturated carbocycles. The predicted octanol–water partition coefficient (Wildman–Crippen LogP) is 2.93. The first-order chi connectivity index (χ1) is 7.18. The molecule has 1 fully saturated rings. The van der Waals surface area contributed by atoms with Gasteiger partial charge in [-0.05, 0) is 49.0 Å². The van der Waals surface area contributed by atoms with Crippen LogP contribution < -0.4 is 4.90 Å². The van der Waals surface area contributed by atoms with E-state index in [2.05, 4.69) is 37.7 Å². The number of piperidine rings is 1. The Morgan fingerprint density at radius 3 is 2.93 bits per heavy atom. The zero-order valence-corrected chi connectivity index (χ0v) is 10.8. The van der Waals surface area contributed by atoms with Crippen LogP contribution in [-0.4, -0.2) is 22.6 Å². The van der Waals surface area contributed by atoms with Crippen molar-refractivity contribution in [1.82, 2.24) is 9.97 Å². The topological polar surface area (TPSA) is 29.0 Å². The maximum absolute atomic E-state index is 4.51. The maximum atomic E-state index is 4.51. The van der Waals surface area contributed by atoms with Crippen LogP contribution in [0.15, 0.2) is 10.7 Å². The van der Waals surface area contributed by atoms with Gasteiger partial charge in [-0.2, -0.15) is 0 Å². The molecule has 2 heterocycles. The number of hydrogen-bond donors (Lipinski definition) is 0. The Kier molecular flexibility index (Phi) is 3.24. The highest BCUT2D eigenvalue weighted by Gasteiger charge is 2.20. The summed E-state index contributed by atoms with van der Waals surface area (Å²) >= 11 is 3.42. The van der Waals surface area contributed by atoms with Gasteiger partial charge in [0.1, 0.15) is 0 Å². The Labute approximate surface area is 99.0 Å². The molecule has 0 amide bonds. The van der Waals surface area contributed by atoms with Gasteiger partial charge in [-0.15, -0.1) is 0 Å². The first-order valence-electron chi connectivity index (χ1n) is 5.44. The van der Waals surface area contributed by atoms with E-state index in [1.165, 1.54) is 19.3 Å². The minimum absolute atomic E-state index is 0.569. The zero-order valence-electron chi connectivity index (χ0n) is 9.20. The fourth-order valence-corrected chi connectivity index (χ4v) is 2.16. The summed E-state index contributed by atoms with van der Waals surface area (Å²) in [5.41, 5.74) is 1.01. The molecule has 0 spiro atoms. The van der Waals surface area contributed by atoms with E-state index >= 15 is 0 Å². The van der Waals surface area contributed by atoms with Gasteiger partial charge in [0.2, 0.25) is 5.95 Å². The van der Waals surface area contributed by atoms with E-state index in [9.17, 15) is 0 Å². The average molecular weight is 270 g/mol. The summed E-state index contributed by atoms with van der Waals surface area (Å²) in [7, 11) is 0. The van der Waals surface area contributed by atoms with Gasteiger partial charge in [0.05, 0.1) is 10.2 Å². The molecule has 1 unspecified atom stereocenters. The van der Waals surface area contributed by atoms with E-state index in [-0.39, 0.29) is 0 Å². The standard InChI is InChI=1S/C11H16BrN3/c1-8-5-3-4-6-15(8)11-13-7-10(12)9(2)14-11/h7-8H,3-6H2,1-2H3. The second kappa shape index (κ2) is 4.47. The molecule has 1 aromatic heterocycles. The van der Waals surface area contributed by atoms with Crippen LogP contribution in [-0.2, 0) is 0 Å². The van der Waals surface area contributed by atoms with Crippen LogP contribution in [0.1, 0.15) is 31.9 Å². The van der Waals surface area contributed by atoms with Gasteiger partial charge in [0, 0.05) is 18.8 Å². The summed E-state index contributed by atoms with van der Waals surface area (Å²) in [5, 5.41) is 0. The van der Waals surface area contributed by atoms with Gasteiger partial charge in [-0.25, -0.2) is 9.97 Å². The molecule has 0 N–H and O–H groups in total. The molecule has 1 saturated heterocycles. The quantitative estimate of drug-likeness (QED) is 0.785. The third kappa shape index (κ3) is 2.30. The Bertz CT molecular complexity index is 354. The smallest absolute Gasteiger partial charge is 0.225 e. The third-order valence-electron chi connectivity index (χ3n) is 2.97. The number of hydrogen-bond acceptors (Lipinski definition) is 3. The largest absolute Gasteiger partial charge is 0.338 e. The lowest BCUT2D eigenvalue weighted by molar-refractivity contribution is 0.476. The number of nitrogens with zero attached hydrogens (tertiary/aromatic N) is 3. The summed E-state index contributed by atoms with van der Waals surface area (Å²) in [6, 6.07) is 0.569. The summed E-state index contributed by atoms with van der Waals surface area (Å²) in [6.45, 7) is 5.34. The van der Waals surface area contributed by atoms with E-state index in [1.54, 1.807) is 0 Å². The summed E-state index contributed by atoms with van der Waals surface area (Å²) in [5.74, 6) is 0.878. The van der Waals surface area contributed by atoms with Gasteiger partial charge in [0.25, 0.3) is 0 Å². The van der Waals surface area contributed by atoms with Crippen molar-refractivity contribution in [1.29, 1.82) is 0 Å². The van der Waals surface area contributed by atoms with Crippen molar-refractivity contribution >= 4 is 21.9 Å².